The summed E-state index contributed by atoms with van der Waals surface area (Å²) >= 11 is 0. The Morgan fingerprint density at radius 2 is 2.47 bits per heavy atom. The van der Waals surface area contributed by atoms with Crippen LogP contribution in [0.5, 0.6) is 0 Å². The van der Waals surface area contributed by atoms with Gasteiger partial charge in [0.2, 0.25) is 0 Å². The van der Waals surface area contributed by atoms with Crippen LogP contribution >= 0.6 is 0 Å². The lowest BCUT2D eigenvalue weighted by molar-refractivity contribution is 0.183. The molecular weight excluding hydrogens is 190 g/mol. The molecule has 0 amide bonds. The van der Waals surface area contributed by atoms with E-state index in [4.69, 9.17) is 4.74 Å². The minimum atomic E-state index is 0.497. The first-order valence-electron chi connectivity index (χ1n) is 5.53. The molecule has 4 nitrogen and oxygen atoms in total. The van der Waals surface area contributed by atoms with E-state index in [1.165, 1.54) is 25.2 Å². The number of methoxy groups -OCH3 is 1. The average Bonchev–Trinajstić information content (AvgIpc) is 2.82. The van der Waals surface area contributed by atoms with Gasteiger partial charge in [-0.05, 0) is 26.4 Å². The van der Waals surface area contributed by atoms with Crippen LogP contribution in [-0.2, 0) is 11.3 Å². The molecule has 0 radical (unpaired) electrons. The summed E-state index contributed by atoms with van der Waals surface area (Å²) < 4.78 is 7.30. The van der Waals surface area contributed by atoms with E-state index in [-0.39, 0.29) is 0 Å². The van der Waals surface area contributed by atoms with E-state index in [1.807, 2.05) is 12.4 Å². The normalized spacial score (nSPS) is 22.4. The second-order valence-corrected chi connectivity index (χ2v) is 4.11. The highest BCUT2D eigenvalue weighted by Gasteiger charge is 2.25. The number of imidazole rings is 1. The Morgan fingerprint density at radius 3 is 3.13 bits per heavy atom. The standard InChI is InChI=1S/C11H19N3O/c1-13-6-3-4-10(13)11-12-5-7-14(11)8-9-15-2/h5,7,10H,3-4,6,8-9H2,1-2H3. The maximum Gasteiger partial charge on any atom is 0.126 e. The van der Waals surface area contributed by atoms with E-state index in [0.717, 1.165) is 13.2 Å². The van der Waals surface area contributed by atoms with Gasteiger partial charge in [-0.1, -0.05) is 0 Å². The highest BCUT2D eigenvalue weighted by Crippen LogP contribution is 2.28. The van der Waals surface area contributed by atoms with Crippen LogP contribution in [0.1, 0.15) is 24.7 Å². The maximum absolute atomic E-state index is 5.10. The van der Waals surface area contributed by atoms with Gasteiger partial charge in [0.25, 0.3) is 0 Å². The maximum atomic E-state index is 5.10. The van der Waals surface area contributed by atoms with Crippen LogP contribution < -0.4 is 0 Å². The van der Waals surface area contributed by atoms with E-state index >= 15 is 0 Å². The molecule has 0 saturated carbocycles. The molecule has 4 heteroatoms. The van der Waals surface area contributed by atoms with E-state index in [9.17, 15) is 0 Å². The quantitative estimate of drug-likeness (QED) is 0.748. The largest absolute Gasteiger partial charge is 0.383 e. The summed E-state index contributed by atoms with van der Waals surface area (Å²) in [6.45, 7) is 2.83. The van der Waals surface area contributed by atoms with E-state index in [2.05, 4.69) is 21.5 Å². The lowest BCUT2D eigenvalue weighted by Crippen LogP contribution is -2.21. The Hall–Kier alpha value is -0.870. The summed E-state index contributed by atoms with van der Waals surface area (Å²) in [7, 11) is 3.91. The van der Waals surface area contributed by atoms with Crippen LogP contribution in [0.15, 0.2) is 12.4 Å². The summed E-state index contributed by atoms with van der Waals surface area (Å²) in [6.07, 6.45) is 6.43. The Balaban J connectivity index is 2.09. The summed E-state index contributed by atoms with van der Waals surface area (Å²) in [6, 6.07) is 0.497. The molecule has 1 aliphatic heterocycles. The summed E-state index contributed by atoms with van der Waals surface area (Å²) in [4.78, 5) is 6.85. The number of hydrogen-bond acceptors (Lipinski definition) is 3. The molecule has 1 aromatic rings. The smallest absolute Gasteiger partial charge is 0.126 e. The van der Waals surface area contributed by atoms with E-state index in [1.54, 1.807) is 7.11 Å². The van der Waals surface area contributed by atoms with Gasteiger partial charge in [0.15, 0.2) is 0 Å². The lowest BCUT2D eigenvalue weighted by Gasteiger charge is -2.20. The zero-order valence-electron chi connectivity index (χ0n) is 9.52. The fraction of sp³-hybridized carbons (Fsp3) is 0.727. The number of ether oxygens (including phenoxy) is 1. The van der Waals surface area contributed by atoms with E-state index < -0.39 is 0 Å². The molecule has 15 heavy (non-hydrogen) atoms. The van der Waals surface area contributed by atoms with Crippen molar-refractivity contribution in [1.82, 2.24) is 14.5 Å². The lowest BCUT2D eigenvalue weighted by atomic mass is 10.2. The van der Waals surface area contributed by atoms with Crippen molar-refractivity contribution in [2.75, 3.05) is 27.3 Å². The van der Waals surface area contributed by atoms with Gasteiger partial charge in [0, 0.05) is 26.0 Å². The zero-order valence-corrected chi connectivity index (χ0v) is 9.52. The highest BCUT2D eigenvalue weighted by molar-refractivity contribution is 5.02. The number of nitrogens with zero attached hydrogens (tertiary/aromatic N) is 3. The topological polar surface area (TPSA) is 30.3 Å². The molecule has 1 atom stereocenters. The van der Waals surface area contributed by atoms with Gasteiger partial charge in [0.1, 0.15) is 5.82 Å². The van der Waals surface area contributed by atoms with Gasteiger partial charge in [-0.2, -0.15) is 0 Å². The number of rotatable bonds is 4. The molecule has 1 aliphatic rings. The van der Waals surface area contributed by atoms with Gasteiger partial charge in [-0.3, -0.25) is 4.90 Å². The molecule has 0 aliphatic carbocycles. The number of hydrogen-bond donors (Lipinski definition) is 0. The van der Waals surface area contributed by atoms with Crippen molar-refractivity contribution in [3.8, 4) is 0 Å². The average molecular weight is 209 g/mol. The van der Waals surface area contributed by atoms with E-state index in [0.29, 0.717) is 6.04 Å². The second-order valence-electron chi connectivity index (χ2n) is 4.11. The molecule has 1 aromatic heterocycles. The van der Waals surface area contributed by atoms with Crippen LogP contribution in [0.25, 0.3) is 0 Å². The zero-order chi connectivity index (χ0) is 10.7. The third-order valence-corrected chi connectivity index (χ3v) is 3.10. The van der Waals surface area contributed by atoms with Crippen molar-refractivity contribution in [3.05, 3.63) is 18.2 Å². The molecule has 0 spiro atoms. The summed E-state index contributed by atoms with van der Waals surface area (Å²) in [5.74, 6) is 1.19. The third-order valence-electron chi connectivity index (χ3n) is 3.10. The monoisotopic (exact) mass is 209 g/mol. The van der Waals surface area contributed by atoms with Crippen molar-refractivity contribution >= 4 is 0 Å². The third kappa shape index (κ3) is 2.21. The fourth-order valence-corrected chi connectivity index (χ4v) is 2.23. The van der Waals surface area contributed by atoms with Crippen molar-refractivity contribution in [2.24, 2.45) is 0 Å². The van der Waals surface area contributed by atoms with Gasteiger partial charge < -0.3 is 9.30 Å². The molecule has 84 valence electrons. The molecule has 2 heterocycles. The Morgan fingerprint density at radius 1 is 1.60 bits per heavy atom. The first-order chi connectivity index (χ1) is 7.33. The van der Waals surface area contributed by atoms with Gasteiger partial charge in [0.05, 0.1) is 12.6 Å². The Labute approximate surface area is 90.9 Å². The minimum Gasteiger partial charge on any atom is -0.383 e. The molecule has 0 N–H and O–H groups in total. The molecule has 0 aromatic carbocycles. The Bertz CT molecular complexity index is 311. The molecule has 1 fully saturated rings. The molecule has 0 bridgehead atoms. The van der Waals surface area contributed by atoms with Crippen LogP contribution in [-0.4, -0.2) is 41.8 Å². The first-order valence-corrected chi connectivity index (χ1v) is 5.53. The van der Waals surface area contributed by atoms with Gasteiger partial charge in [-0.25, -0.2) is 4.98 Å². The van der Waals surface area contributed by atoms with Crippen LogP contribution in [0.3, 0.4) is 0 Å². The predicted octanol–water partition coefficient (Wildman–Crippen LogP) is 1.30. The number of aromatic nitrogens is 2. The predicted molar refractivity (Wildman–Crippen MR) is 58.7 cm³/mol. The minimum absolute atomic E-state index is 0.497. The van der Waals surface area contributed by atoms with Crippen molar-refractivity contribution in [2.45, 2.75) is 25.4 Å². The molecule has 1 unspecified atom stereocenters. The second kappa shape index (κ2) is 4.77. The molecular formula is C11H19N3O. The number of likely N-dealkylation sites (tertiary alicyclic amines) is 1. The molecule has 2 rings (SSSR count). The van der Waals surface area contributed by atoms with Crippen molar-refractivity contribution < 1.29 is 4.74 Å². The van der Waals surface area contributed by atoms with Gasteiger partial charge >= 0.3 is 0 Å². The van der Waals surface area contributed by atoms with Crippen LogP contribution in [0, 0.1) is 0 Å². The highest BCUT2D eigenvalue weighted by atomic mass is 16.5. The van der Waals surface area contributed by atoms with Gasteiger partial charge in [-0.15, -0.1) is 0 Å². The summed E-state index contributed by atoms with van der Waals surface area (Å²) in [5, 5.41) is 0. The van der Waals surface area contributed by atoms with Crippen LogP contribution in [0.2, 0.25) is 0 Å². The fourth-order valence-electron chi connectivity index (χ4n) is 2.23. The SMILES string of the molecule is COCCn1ccnc1C1CCCN1C. The summed E-state index contributed by atoms with van der Waals surface area (Å²) in [5.41, 5.74) is 0. The van der Waals surface area contributed by atoms with Crippen molar-refractivity contribution in [1.29, 1.82) is 0 Å². The Kier molecular flexibility index (Phi) is 3.38. The molecule has 1 saturated heterocycles. The van der Waals surface area contributed by atoms with Crippen LogP contribution in [0.4, 0.5) is 0 Å². The first kappa shape index (κ1) is 10.6. The van der Waals surface area contributed by atoms with Crippen molar-refractivity contribution in [3.63, 3.8) is 0 Å².